The largest absolute Gasteiger partial charge is 0.460 e. The van der Waals surface area contributed by atoms with Crippen LogP contribution in [0.5, 0.6) is 0 Å². The van der Waals surface area contributed by atoms with Crippen molar-refractivity contribution in [3.63, 3.8) is 0 Å². The molecule has 0 aliphatic heterocycles. The number of ether oxygens (including phenoxy) is 2. The number of nitrogens with one attached hydrogen (secondary N) is 1. The lowest BCUT2D eigenvalue weighted by Crippen LogP contribution is -2.44. The second kappa shape index (κ2) is 20.7. The molecule has 0 heterocycles. The Morgan fingerprint density at radius 2 is 0.974 bits per heavy atom. The third-order valence-electron chi connectivity index (χ3n) is 6.16. The van der Waals surface area contributed by atoms with Gasteiger partial charge < -0.3 is 20.5 Å². The molecule has 0 saturated carbocycles. The Bertz CT molecular complexity index is 709. The van der Waals surface area contributed by atoms with E-state index in [0.29, 0.717) is 12.8 Å². The molecule has 0 fully saturated rings. The number of rotatable bonds is 22. The predicted octanol–water partition coefficient (Wildman–Crippen LogP) is 6.66. The first-order valence-electron chi connectivity index (χ1n) is 15.2. The molecule has 0 unspecified atom stereocenters. The minimum absolute atomic E-state index is 0.0154. The maximum absolute atomic E-state index is 12.4. The Labute approximate surface area is 237 Å². The van der Waals surface area contributed by atoms with Crippen LogP contribution in [0.4, 0.5) is 0 Å². The molecule has 228 valence electrons. The van der Waals surface area contributed by atoms with Gasteiger partial charge in [-0.1, -0.05) is 77.0 Å². The number of carbonyl (C=O) groups excluding carboxylic acids is 4. The van der Waals surface area contributed by atoms with Crippen LogP contribution in [0.3, 0.4) is 0 Å². The highest BCUT2D eigenvalue weighted by molar-refractivity contribution is 5.85. The number of amides is 2. The monoisotopic (exact) mass is 554 g/mol. The highest BCUT2D eigenvalue weighted by Gasteiger charge is 2.26. The highest BCUT2D eigenvalue weighted by atomic mass is 16.6. The summed E-state index contributed by atoms with van der Waals surface area (Å²) in [6, 6.07) is -0.853. The normalized spacial score (nSPS) is 12.6. The lowest BCUT2D eigenvalue weighted by molar-refractivity contribution is -0.159. The van der Waals surface area contributed by atoms with Crippen LogP contribution in [0.25, 0.3) is 0 Å². The number of primary amides is 1. The Balaban J connectivity index is 3.71. The molecule has 2 amide bonds. The predicted molar refractivity (Wildman–Crippen MR) is 156 cm³/mol. The van der Waals surface area contributed by atoms with Crippen molar-refractivity contribution >= 4 is 23.8 Å². The molecule has 0 aromatic carbocycles. The van der Waals surface area contributed by atoms with Crippen LogP contribution >= 0.6 is 0 Å². The fourth-order valence-electron chi connectivity index (χ4n) is 4.24. The van der Waals surface area contributed by atoms with Crippen molar-refractivity contribution in [1.82, 2.24) is 5.32 Å². The second-order valence-electron chi connectivity index (χ2n) is 12.7. The number of unbranched alkanes of at least 4 members (excludes halogenated alkanes) is 13. The van der Waals surface area contributed by atoms with Crippen LogP contribution in [0.15, 0.2) is 0 Å². The van der Waals surface area contributed by atoms with Gasteiger partial charge in [0, 0.05) is 19.3 Å². The third-order valence-corrected chi connectivity index (χ3v) is 6.16. The zero-order valence-corrected chi connectivity index (χ0v) is 25.8. The van der Waals surface area contributed by atoms with Crippen LogP contribution in [0.1, 0.15) is 157 Å². The number of esters is 2. The van der Waals surface area contributed by atoms with Gasteiger partial charge in [0.2, 0.25) is 11.8 Å². The van der Waals surface area contributed by atoms with Crippen molar-refractivity contribution in [3.8, 4) is 0 Å². The van der Waals surface area contributed by atoms with Crippen LogP contribution in [-0.2, 0) is 28.7 Å². The zero-order valence-electron chi connectivity index (χ0n) is 25.8. The first-order valence-corrected chi connectivity index (χ1v) is 15.2. The van der Waals surface area contributed by atoms with Gasteiger partial charge in [0.15, 0.2) is 0 Å². The molecule has 39 heavy (non-hydrogen) atoms. The Morgan fingerprint density at radius 3 is 1.36 bits per heavy atom. The SMILES string of the molecule is CC(C)(C)OC(=O)CCCCCCCCCCCCCCCCC(=O)N[C@@H](CCC(N)=O)C(=O)OC(C)(C)C. The average molecular weight is 555 g/mol. The summed E-state index contributed by atoms with van der Waals surface area (Å²) in [6.45, 7) is 11.0. The Hall–Kier alpha value is -2.12. The van der Waals surface area contributed by atoms with Crippen molar-refractivity contribution in [2.24, 2.45) is 5.73 Å². The number of hydrogen-bond acceptors (Lipinski definition) is 6. The summed E-state index contributed by atoms with van der Waals surface area (Å²) in [5.74, 6) is -1.33. The van der Waals surface area contributed by atoms with Gasteiger partial charge in [0.25, 0.3) is 0 Å². The van der Waals surface area contributed by atoms with Gasteiger partial charge in [-0.25, -0.2) is 4.79 Å². The van der Waals surface area contributed by atoms with E-state index in [1.54, 1.807) is 20.8 Å². The fraction of sp³-hybridized carbons (Fsp3) is 0.871. The van der Waals surface area contributed by atoms with Crippen molar-refractivity contribution < 1.29 is 28.7 Å². The first kappa shape index (κ1) is 36.9. The van der Waals surface area contributed by atoms with Gasteiger partial charge in [-0.05, 0) is 60.8 Å². The van der Waals surface area contributed by atoms with Gasteiger partial charge in [-0.2, -0.15) is 0 Å². The van der Waals surface area contributed by atoms with Crippen LogP contribution in [-0.4, -0.2) is 41.0 Å². The summed E-state index contributed by atoms with van der Waals surface area (Å²) in [4.78, 5) is 47.5. The lowest BCUT2D eigenvalue weighted by Gasteiger charge is -2.24. The van der Waals surface area contributed by atoms with Crippen molar-refractivity contribution in [1.29, 1.82) is 0 Å². The topological polar surface area (TPSA) is 125 Å². The van der Waals surface area contributed by atoms with E-state index in [4.69, 9.17) is 15.2 Å². The van der Waals surface area contributed by atoms with E-state index in [-0.39, 0.29) is 30.3 Å². The molecular weight excluding hydrogens is 496 g/mol. The molecule has 0 aliphatic carbocycles. The standard InChI is InChI=1S/C31H58N2O6/c1-30(2,3)38-28(36)22-20-18-16-14-12-10-8-7-9-11-13-15-17-19-21-27(35)33-25(23-24-26(32)34)29(37)39-31(4,5)6/h25H,7-24H2,1-6H3,(H2,32,34)(H,33,35)/t25-/m0/s1. The molecule has 0 saturated heterocycles. The Kier molecular flexibility index (Phi) is 19.6. The van der Waals surface area contributed by atoms with E-state index in [1.165, 1.54) is 57.8 Å². The lowest BCUT2D eigenvalue weighted by atomic mass is 10.0. The van der Waals surface area contributed by atoms with Crippen LogP contribution < -0.4 is 11.1 Å². The highest BCUT2D eigenvalue weighted by Crippen LogP contribution is 2.15. The van der Waals surface area contributed by atoms with Crippen molar-refractivity contribution in [2.75, 3.05) is 0 Å². The summed E-state index contributed by atoms with van der Waals surface area (Å²) in [7, 11) is 0. The number of nitrogens with two attached hydrogens (primary N) is 1. The molecule has 0 aliphatic rings. The van der Waals surface area contributed by atoms with Crippen molar-refractivity contribution in [2.45, 2.75) is 174 Å². The maximum atomic E-state index is 12.4. The average Bonchev–Trinajstić information content (AvgIpc) is 2.79. The van der Waals surface area contributed by atoms with Gasteiger partial charge >= 0.3 is 11.9 Å². The molecule has 0 radical (unpaired) electrons. The third kappa shape index (κ3) is 25.9. The maximum Gasteiger partial charge on any atom is 0.329 e. The molecule has 0 aromatic heterocycles. The van der Waals surface area contributed by atoms with E-state index in [9.17, 15) is 19.2 Å². The van der Waals surface area contributed by atoms with Gasteiger partial charge in [-0.15, -0.1) is 0 Å². The minimum Gasteiger partial charge on any atom is -0.460 e. The van der Waals surface area contributed by atoms with E-state index >= 15 is 0 Å². The molecular formula is C31H58N2O6. The smallest absolute Gasteiger partial charge is 0.329 e. The van der Waals surface area contributed by atoms with E-state index in [2.05, 4.69) is 5.32 Å². The van der Waals surface area contributed by atoms with Gasteiger partial charge in [-0.3, -0.25) is 14.4 Å². The molecule has 0 bridgehead atoms. The quantitative estimate of drug-likeness (QED) is 0.114. The number of hydrogen-bond donors (Lipinski definition) is 2. The second-order valence-corrected chi connectivity index (χ2v) is 12.7. The molecule has 0 rings (SSSR count). The van der Waals surface area contributed by atoms with E-state index in [1.807, 2.05) is 20.8 Å². The molecule has 0 spiro atoms. The first-order chi connectivity index (χ1) is 18.2. The molecule has 1 atom stereocenters. The van der Waals surface area contributed by atoms with E-state index in [0.717, 1.165) is 32.1 Å². The molecule has 3 N–H and O–H groups in total. The summed E-state index contributed by atoms with van der Waals surface area (Å²) >= 11 is 0. The molecule has 8 nitrogen and oxygen atoms in total. The van der Waals surface area contributed by atoms with Crippen molar-refractivity contribution in [3.05, 3.63) is 0 Å². The fourth-order valence-corrected chi connectivity index (χ4v) is 4.24. The summed E-state index contributed by atoms with van der Waals surface area (Å²) in [5, 5.41) is 2.72. The Morgan fingerprint density at radius 1 is 0.590 bits per heavy atom. The zero-order chi connectivity index (χ0) is 29.7. The summed E-state index contributed by atoms with van der Waals surface area (Å²) < 4.78 is 10.7. The van der Waals surface area contributed by atoms with E-state index < -0.39 is 23.5 Å². The van der Waals surface area contributed by atoms with Crippen LogP contribution in [0, 0.1) is 0 Å². The van der Waals surface area contributed by atoms with Gasteiger partial charge in [0.05, 0.1) is 0 Å². The summed E-state index contributed by atoms with van der Waals surface area (Å²) in [5.41, 5.74) is 4.15. The molecule has 8 heteroatoms. The number of carbonyl (C=O) groups is 4. The minimum atomic E-state index is -0.853. The van der Waals surface area contributed by atoms with Gasteiger partial charge in [0.1, 0.15) is 17.2 Å². The summed E-state index contributed by atoms with van der Waals surface area (Å²) in [6.07, 6.45) is 17.1. The molecule has 0 aromatic rings. The van der Waals surface area contributed by atoms with Crippen LogP contribution in [0.2, 0.25) is 0 Å².